The molecule has 1 N–H and O–H groups in total. The predicted octanol–water partition coefficient (Wildman–Crippen LogP) is 4.71. The lowest BCUT2D eigenvalue weighted by molar-refractivity contribution is -0.384. The van der Waals surface area contributed by atoms with Crippen molar-refractivity contribution in [2.24, 2.45) is 0 Å². The number of aliphatic hydroxyl groups excluding tert-OH is 1. The average molecular weight is 488 g/mol. The zero-order valence-corrected chi connectivity index (χ0v) is 20.0. The van der Waals surface area contributed by atoms with E-state index in [1.54, 1.807) is 48.8 Å². The first-order valence-corrected chi connectivity index (χ1v) is 11.4. The number of nitro benzene ring substituents is 1. The molecule has 1 aliphatic rings. The minimum Gasteiger partial charge on any atom is -0.507 e. The van der Waals surface area contributed by atoms with Gasteiger partial charge in [-0.15, -0.1) is 0 Å². The summed E-state index contributed by atoms with van der Waals surface area (Å²) in [4.78, 5) is 42.6. The number of nitrogens with zero attached hydrogens (tertiary/aromatic N) is 3. The molecule has 1 fully saturated rings. The van der Waals surface area contributed by atoms with Crippen molar-refractivity contribution < 1.29 is 24.4 Å². The number of hydrogen-bond acceptors (Lipinski definition) is 7. The summed E-state index contributed by atoms with van der Waals surface area (Å²) in [5.74, 6) is -1.41. The number of aromatic nitrogens is 1. The number of likely N-dealkylation sites (tertiary alicyclic amines) is 1. The van der Waals surface area contributed by atoms with E-state index in [4.69, 9.17) is 4.74 Å². The zero-order valence-electron chi connectivity index (χ0n) is 20.0. The number of amides is 1. The van der Waals surface area contributed by atoms with Crippen molar-refractivity contribution in [2.45, 2.75) is 39.5 Å². The highest BCUT2D eigenvalue weighted by Crippen LogP contribution is 2.41. The van der Waals surface area contributed by atoms with E-state index in [0.717, 1.165) is 5.56 Å². The first kappa shape index (κ1) is 24.6. The van der Waals surface area contributed by atoms with Crippen molar-refractivity contribution in [2.75, 3.05) is 0 Å². The highest BCUT2D eigenvalue weighted by atomic mass is 16.6. The fourth-order valence-corrected chi connectivity index (χ4v) is 4.22. The molecule has 1 aromatic heterocycles. The predicted molar refractivity (Wildman–Crippen MR) is 132 cm³/mol. The third kappa shape index (κ3) is 4.81. The van der Waals surface area contributed by atoms with E-state index in [1.807, 2.05) is 20.8 Å². The van der Waals surface area contributed by atoms with Crippen LogP contribution in [0, 0.1) is 17.0 Å². The Hall–Kier alpha value is -4.53. The Kier molecular flexibility index (Phi) is 6.82. The maximum atomic E-state index is 13.2. The molecule has 36 heavy (non-hydrogen) atoms. The lowest BCUT2D eigenvalue weighted by atomic mass is 9.94. The van der Waals surface area contributed by atoms with Crippen LogP contribution in [0.25, 0.3) is 5.76 Å². The van der Waals surface area contributed by atoms with E-state index < -0.39 is 22.7 Å². The van der Waals surface area contributed by atoms with Gasteiger partial charge >= 0.3 is 0 Å². The summed E-state index contributed by atoms with van der Waals surface area (Å²) in [6.07, 6.45) is 3.11. The number of Topliss-reactive ketones (excluding diaryl/α,β-unsaturated/α-hetero) is 1. The van der Waals surface area contributed by atoms with Gasteiger partial charge in [-0.25, -0.2) is 0 Å². The number of ketones is 1. The largest absolute Gasteiger partial charge is 0.507 e. The molecule has 9 heteroatoms. The number of rotatable bonds is 7. The zero-order chi connectivity index (χ0) is 26.0. The fraction of sp³-hybridized carbons (Fsp3) is 0.222. The molecule has 1 amide bonds. The second kappa shape index (κ2) is 9.99. The van der Waals surface area contributed by atoms with Gasteiger partial charge in [-0.1, -0.05) is 18.2 Å². The standard InChI is InChI=1S/C27H25N3O6/c1-16(2)36-22-10-9-20(12-17(22)3)25(31)23-24(19-7-4-8-21(13-19)30(34)35)29(27(33)26(23)32)15-18-6-5-11-28-14-18/h4-14,16,24,31H,15H2,1-3H3/b25-23+/t24-/m1/s1. The number of benzene rings is 2. The minimum atomic E-state index is -1.03. The van der Waals surface area contributed by atoms with Gasteiger partial charge in [0, 0.05) is 36.6 Å². The van der Waals surface area contributed by atoms with E-state index in [0.29, 0.717) is 22.4 Å². The van der Waals surface area contributed by atoms with E-state index in [9.17, 15) is 24.8 Å². The van der Waals surface area contributed by atoms with Gasteiger partial charge in [-0.05, 0) is 61.7 Å². The Bertz CT molecular complexity index is 1370. The average Bonchev–Trinajstić information content (AvgIpc) is 3.10. The highest BCUT2D eigenvalue weighted by Gasteiger charge is 2.46. The number of aliphatic hydroxyl groups is 1. The second-order valence-corrected chi connectivity index (χ2v) is 8.79. The molecule has 0 spiro atoms. The normalized spacial score (nSPS) is 17.0. The Morgan fingerprint density at radius 1 is 1.17 bits per heavy atom. The van der Waals surface area contributed by atoms with Crippen molar-refractivity contribution in [3.63, 3.8) is 0 Å². The van der Waals surface area contributed by atoms with E-state index in [1.165, 1.54) is 23.1 Å². The molecule has 3 aromatic rings. The van der Waals surface area contributed by atoms with Crippen molar-refractivity contribution in [3.8, 4) is 5.75 Å². The van der Waals surface area contributed by atoms with Crippen molar-refractivity contribution in [1.29, 1.82) is 0 Å². The summed E-state index contributed by atoms with van der Waals surface area (Å²) in [7, 11) is 0. The number of carbonyl (C=O) groups is 2. The number of ether oxygens (including phenoxy) is 1. The third-order valence-corrected chi connectivity index (χ3v) is 5.82. The number of carbonyl (C=O) groups excluding carboxylic acids is 2. The molecule has 0 bridgehead atoms. The maximum absolute atomic E-state index is 13.2. The van der Waals surface area contributed by atoms with Crippen LogP contribution in [0.2, 0.25) is 0 Å². The van der Waals surface area contributed by atoms with E-state index >= 15 is 0 Å². The van der Waals surface area contributed by atoms with Gasteiger partial charge in [0.1, 0.15) is 11.5 Å². The summed E-state index contributed by atoms with van der Waals surface area (Å²) < 4.78 is 5.76. The van der Waals surface area contributed by atoms with Crippen LogP contribution in [0.15, 0.2) is 72.6 Å². The van der Waals surface area contributed by atoms with Gasteiger partial charge in [0.05, 0.1) is 22.6 Å². The van der Waals surface area contributed by atoms with Crippen LogP contribution in [-0.2, 0) is 16.1 Å². The van der Waals surface area contributed by atoms with E-state index in [-0.39, 0.29) is 29.7 Å². The summed E-state index contributed by atoms with van der Waals surface area (Å²) in [6.45, 7) is 5.64. The Morgan fingerprint density at radius 3 is 2.58 bits per heavy atom. The number of aryl methyl sites for hydroxylation is 1. The summed E-state index contributed by atoms with van der Waals surface area (Å²) in [5, 5.41) is 22.7. The molecule has 0 unspecified atom stereocenters. The van der Waals surface area contributed by atoms with Crippen LogP contribution in [0.3, 0.4) is 0 Å². The van der Waals surface area contributed by atoms with Crippen molar-refractivity contribution in [3.05, 3.63) is 105 Å². The van der Waals surface area contributed by atoms with Crippen LogP contribution in [0.1, 0.15) is 42.1 Å². The molecule has 9 nitrogen and oxygen atoms in total. The number of hydrogen-bond donors (Lipinski definition) is 1. The Balaban J connectivity index is 1.86. The van der Waals surface area contributed by atoms with Gasteiger partial charge in [-0.2, -0.15) is 0 Å². The molecule has 4 rings (SSSR count). The molecule has 1 atom stereocenters. The van der Waals surface area contributed by atoms with Gasteiger partial charge in [0.25, 0.3) is 17.4 Å². The highest BCUT2D eigenvalue weighted by molar-refractivity contribution is 6.46. The molecule has 1 saturated heterocycles. The molecule has 2 aromatic carbocycles. The number of non-ortho nitro benzene ring substituents is 1. The first-order chi connectivity index (χ1) is 17.2. The lowest BCUT2D eigenvalue weighted by Gasteiger charge is -2.25. The van der Waals surface area contributed by atoms with Gasteiger partial charge in [-0.3, -0.25) is 24.7 Å². The smallest absolute Gasteiger partial charge is 0.295 e. The molecule has 2 heterocycles. The molecule has 0 saturated carbocycles. The maximum Gasteiger partial charge on any atom is 0.295 e. The number of pyridine rings is 1. The van der Waals surface area contributed by atoms with Crippen molar-refractivity contribution in [1.82, 2.24) is 9.88 Å². The Morgan fingerprint density at radius 2 is 1.94 bits per heavy atom. The topological polar surface area (TPSA) is 123 Å². The molecular weight excluding hydrogens is 462 g/mol. The van der Waals surface area contributed by atoms with Crippen LogP contribution < -0.4 is 4.74 Å². The van der Waals surface area contributed by atoms with Crippen LogP contribution in [-0.4, -0.2) is 37.7 Å². The third-order valence-electron chi connectivity index (χ3n) is 5.82. The van der Waals surface area contributed by atoms with Crippen LogP contribution in [0.4, 0.5) is 5.69 Å². The van der Waals surface area contributed by atoms with Gasteiger partial charge in [0.2, 0.25) is 0 Å². The molecular formula is C27H25N3O6. The molecule has 0 aliphatic carbocycles. The summed E-state index contributed by atoms with van der Waals surface area (Å²) in [5.41, 5.74) is 1.75. The molecule has 0 radical (unpaired) electrons. The molecule has 184 valence electrons. The second-order valence-electron chi connectivity index (χ2n) is 8.79. The first-order valence-electron chi connectivity index (χ1n) is 11.4. The van der Waals surface area contributed by atoms with Crippen LogP contribution >= 0.6 is 0 Å². The minimum absolute atomic E-state index is 0.0305. The van der Waals surface area contributed by atoms with Crippen LogP contribution in [0.5, 0.6) is 5.75 Å². The SMILES string of the molecule is Cc1cc(/C(O)=C2\C(=O)C(=O)N(Cc3cccnc3)[C@@H]2c2cccc([N+](=O)[O-])c2)ccc1OC(C)C. The Labute approximate surface area is 207 Å². The molecule has 1 aliphatic heterocycles. The summed E-state index contributed by atoms with van der Waals surface area (Å²) in [6, 6.07) is 13.1. The fourth-order valence-electron chi connectivity index (χ4n) is 4.22. The monoisotopic (exact) mass is 487 g/mol. The summed E-state index contributed by atoms with van der Waals surface area (Å²) >= 11 is 0. The lowest BCUT2D eigenvalue weighted by Crippen LogP contribution is -2.29. The van der Waals surface area contributed by atoms with Gasteiger partial charge in [0.15, 0.2) is 0 Å². The van der Waals surface area contributed by atoms with Gasteiger partial charge < -0.3 is 14.7 Å². The van der Waals surface area contributed by atoms with E-state index in [2.05, 4.69) is 4.98 Å². The van der Waals surface area contributed by atoms with Crippen molar-refractivity contribution >= 4 is 23.1 Å². The number of nitro groups is 1. The quantitative estimate of drug-likeness (QED) is 0.168.